The zero-order chi connectivity index (χ0) is 10.1. The molecule has 3 heteroatoms. The molecule has 1 atom stereocenters. The molecule has 1 aliphatic rings. The van der Waals surface area contributed by atoms with Gasteiger partial charge in [-0.15, -0.1) is 0 Å². The standard InChI is InChI=1S/C11H11NO2/c1-8-10(12(2)11(13)14-8)9-6-4-3-5-7-9/h3-7,10H,1H2,2H3. The van der Waals surface area contributed by atoms with Crippen molar-refractivity contribution in [3.05, 3.63) is 48.2 Å². The van der Waals surface area contributed by atoms with Gasteiger partial charge in [-0.3, -0.25) is 4.90 Å². The SMILES string of the molecule is C=C1OC(=O)N(C)C1c1ccccc1. The van der Waals surface area contributed by atoms with Crippen LogP contribution in [0.2, 0.25) is 0 Å². The quantitative estimate of drug-likeness (QED) is 0.678. The molecule has 0 N–H and O–H groups in total. The number of benzene rings is 1. The van der Waals surface area contributed by atoms with E-state index in [2.05, 4.69) is 6.58 Å². The summed E-state index contributed by atoms with van der Waals surface area (Å²) in [7, 11) is 1.71. The van der Waals surface area contributed by atoms with E-state index in [4.69, 9.17) is 4.74 Å². The first-order valence-electron chi connectivity index (χ1n) is 4.38. The van der Waals surface area contributed by atoms with E-state index < -0.39 is 0 Å². The number of cyclic esters (lactones) is 1. The van der Waals surface area contributed by atoms with Crippen molar-refractivity contribution in [1.82, 2.24) is 4.90 Å². The van der Waals surface area contributed by atoms with Gasteiger partial charge in [0.15, 0.2) is 0 Å². The Morgan fingerprint density at radius 2 is 2.00 bits per heavy atom. The van der Waals surface area contributed by atoms with Gasteiger partial charge >= 0.3 is 6.09 Å². The second kappa shape index (κ2) is 3.18. The Hall–Kier alpha value is -1.77. The van der Waals surface area contributed by atoms with Gasteiger partial charge in [0.2, 0.25) is 0 Å². The van der Waals surface area contributed by atoms with Crippen LogP contribution in [0.1, 0.15) is 11.6 Å². The molecular weight excluding hydrogens is 178 g/mol. The van der Waals surface area contributed by atoms with Crippen molar-refractivity contribution in [2.24, 2.45) is 0 Å². The van der Waals surface area contributed by atoms with Gasteiger partial charge in [0.05, 0.1) is 0 Å². The average Bonchev–Trinajstić information content (AvgIpc) is 2.43. The van der Waals surface area contributed by atoms with Crippen molar-refractivity contribution in [2.75, 3.05) is 7.05 Å². The highest BCUT2D eigenvalue weighted by Gasteiger charge is 2.34. The average molecular weight is 189 g/mol. The van der Waals surface area contributed by atoms with E-state index in [1.807, 2.05) is 30.3 Å². The first kappa shape index (κ1) is 8.81. The Morgan fingerprint density at radius 1 is 1.36 bits per heavy atom. The van der Waals surface area contributed by atoms with Crippen molar-refractivity contribution in [3.8, 4) is 0 Å². The molecule has 0 radical (unpaired) electrons. The lowest BCUT2D eigenvalue weighted by Crippen LogP contribution is -2.21. The molecule has 3 nitrogen and oxygen atoms in total. The van der Waals surface area contributed by atoms with Crippen LogP contribution in [0.3, 0.4) is 0 Å². The maximum Gasteiger partial charge on any atom is 0.415 e. The molecule has 72 valence electrons. The van der Waals surface area contributed by atoms with Crippen LogP contribution in [-0.2, 0) is 4.74 Å². The van der Waals surface area contributed by atoms with Crippen molar-refractivity contribution in [1.29, 1.82) is 0 Å². The number of carbonyl (C=O) groups is 1. The summed E-state index contributed by atoms with van der Waals surface area (Å²) in [5.41, 5.74) is 1.02. The third kappa shape index (κ3) is 1.27. The van der Waals surface area contributed by atoms with Crippen LogP contribution in [0.25, 0.3) is 0 Å². The van der Waals surface area contributed by atoms with E-state index >= 15 is 0 Å². The molecule has 0 bridgehead atoms. The zero-order valence-corrected chi connectivity index (χ0v) is 7.93. The number of likely N-dealkylation sites (N-methyl/N-ethyl adjacent to an activating group) is 1. The summed E-state index contributed by atoms with van der Waals surface area (Å²) in [6, 6.07) is 9.55. The maximum atomic E-state index is 11.2. The molecule has 2 rings (SSSR count). The molecule has 0 saturated carbocycles. The number of amides is 1. The molecule has 1 aliphatic heterocycles. The summed E-state index contributed by atoms with van der Waals surface area (Å²) in [5, 5.41) is 0. The molecule has 1 saturated heterocycles. The van der Waals surface area contributed by atoms with Gasteiger partial charge in [0, 0.05) is 7.05 Å². The van der Waals surface area contributed by atoms with Gasteiger partial charge in [-0.05, 0) is 5.56 Å². The van der Waals surface area contributed by atoms with Gasteiger partial charge in [-0.25, -0.2) is 4.79 Å². The summed E-state index contributed by atoms with van der Waals surface area (Å²) >= 11 is 0. The molecule has 1 fully saturated rings. The van der Waals surface area contributed by atoms with E-state index in [-0.39, 0.29) is 12.1 Å². The van der Waals surface area contributed by atoms with Gasteiger partial charge < -0.3 is 4.74 Å². The molecule has 1 unspecified atom stereocenters. The predicted molar refractivity (Wildman–Crippen MR) is 52.6 cm³/mol. The predicted octanol–water partition coefficient (Wildman–Crippen LogP) is 2.32. The fourth-order valence-corrected chi connectivity index (χ4v) is 1.61. The smallest absolute Gasteiger partial charge is 0.413 e. The Labute approximate surface area is 82.6 Å². The van der Waals surface area contributed by atoms with Crippen molar-refractivity contribution in [2.45, 2.75) is 6.04 Å². The molecule has 1 aromatic carbocycles. The van der Waals surface area contributed by atoms with Crippen LogP contribution in [-0.4, -0.2) is 18.0 Å². The topological polar surface area (TPSA) is 29.5 Å². The molecular formula is C11H11NO2. The van der Waals surface area contributed by atoms with Crippen LogP contribution in [0.5, 0.6) is 0 Å². The summed E-state index contributed by atoms with van der Waals surface area (Å²) in [5.74, 6) is 0.490. The minimum absolute atomic E-state index is 0.149. The molecule has 0 spiro atoms. The maximum absolute atomic E-state index is 11.2. The first-order valence-corrected chi connectivity index (χ1v) is 4.38. The Kier molecular flexibility index (Phi) is 2.00. The normalized spacial score (nSPS) is 21.2. The van der Waals surface area contributed by atoms with Gasteiger partial charge in [-0.2, -0.15) is 0 Å². The molecule has 0 aliphatic carbocycles. The van der Waals surface area contributed by atoms with Crippen molar-refractivity contribution < 1.29 is 9.53 Å². The number of ether oxygens (including phenoxy) is 1. The number of rotatable bonds is 1. The summed E-state index contributed by atoms with van der Waals surface area (Å²) in [6.07, 6.45) is -0.344. The zero-order valence-electron chi connectivity index (χ0n) is 7.93. The number of hydrogen-bond donors (Lipinski definition) is 0. The fraction of sp³-hybridized carbons (Fsp3) is 0.182. The summed E-state index contributed by atoms with van der Waals surface area (Å²) in [4.78, 5) is 12.8. The number of hydrogen-bond acceptors (Lipinski definition) is 2. The third-order valence-electron chi connectivity index (χ3n) is 2.31. The fourth-order valence-electron chi connectivity index (χ4n) is 1.61. The number of nitrogens with zero attached hydrogens (tertiary/aromatic N) is 1. The van der Waals surface area contributed by atoms with Gasteiger partial charge in [-0.1, -0.05) is 36.9 Å². The Bertz CT molecular complexity index is 372. The van der Waals surface area contributed by atoms with Crippen LogP contribution >= 0.6 is 0 Å². The van der Waals surface area contributed by atoms with Gasteiger partial charge in [0.1, 0.15) is 11.8 Å². The molecule has 0 aromatic heterocycles. The van der Waals surface area contributed by atoms with Gasteiger partial charge in [0.25, 0.3) is 0 Å². The second-order valence-corrected chi connectivity index (χ2v) is 3.26. The van der Waals surface area contributed by atoms with E-state index in [1.54, 1.807) is 7.05 Å². The van der Waals surface area contributed by atoms with Crippen LogP contribution < -0.4 is 0 Å². The molecule has 1 amide bonds. The second-order valence-electron chi connectivity index (χ2n) is 3.26. The highest BCUT2D eigenvalue weighted by Crippen LogP contribution is 2.33. The number of carbonyl (C=O) groups excluding carboxylic acids is 1. The largest absolute Gasteiger partial charge is 0.415 e. The van der Waals surface area contributed by atoms with Crippen LogP contribution in [0, 0.1) is 0 Å². The third-order valence-corrected chi connectivity index (χ3v) is 2.31. The van der Waals surface area contributed by atoms with Crippen LogP contribution in [0.4, 0.5) is 4.79 Å². The lowest BCUT2D eigenvalue weighted by Gasteiger charge is -2.16. The van der Waals surface area contributed by atoms with E-state index in [0.29, 0.717) is 5.76 Å². The Morgan fingerprint density at radius 3 is 2.50 bits per heavy atom. The summed E-state index contributed by atoms with van der Waals surface area (Å²) in [6.45, 7) is 3.73. The minimum atomic E-state index is -0.344. The molecule has 1 aromatic rings. The Balaban J connectivity index is 2.36. The molecule has 1 heterocycles. The summed E-state index contributed by atoms with van der Waals surface area (Å²) < 4.78 is 4.93. The van der Waals surface area contributed by atoms with E-state index in [9.17, 15) is 4.79 Å². The minimum Gasteiger partial charge on any atom is -0.413 e. The molecule has 14 heavy (non-hydrogen) atoms. The monoisotopic (exact) mass is 189 g/mol. The van der Waals surface area contributed by atoms with Crippen LogP contribution in [0.15, 0.2) is 42.7 Å². The highest BCUT2D eigenvalue weighted by molar-refractivity contribution is 5.73. The lowest BCUT2D eigenvalue weighted by atomic mass is 10.1. The lowest BCUT2D eigenvalue weighted by molar-refractivity contribution is 0.173. The van der Waals surface area contributed by atoms with E-state index in [0.717, 1.165) is 5.56 Å². The first-order chi connectivity index (χ1) is 6.70. The van der Waals surface area contributed by atoms with Crippen molar-refractivity contribution >= 4 is 6.09 Å². The van der Waals surface area contributed by atoms with E-state index in [1.165, 1.54) is 4.90 Å². The highest BCUT2D eigenvalue weighted by atomic mass is 16.6. The van der Waals surface area contributed by atoms with Crippen molar-refractivity contribution in [3.63, 3.8) is 0 Å².